The van der Waals surface area contributed by atoms with E-state index in [0.717, 1.165) is 0 Å². The summed E-state index contributed by atoms with van der Waals surface area (Å²) in [6.07, 6.45) is 0. The third-order valence-corrected chi connectivity index (χ3v) is 3.34. The maximum absolute atomic E-state index is 11.3. The summed E-state index contributed by atoms with van der Waals surface area (Å²) in [6.45, 7) is 4.71. The maximum Gasteiger partial charge on any atom is 0.278 e. The van der Waals surface area contributed by atoms with Crippen LogP contribution in [0.3, 0.4) is 0 Å². The zero-order chi connectivity index (χ0) is 10.7. The molecule has 0 aliphatic heterocycles. The average Bonchev–Trinajstić information content (AvgIpc) is 2.04. The van der Waals surface area contributed by atoms with Gasteiger partial charge < -0.3 is 5.73 Å². The largest absolute Gasteiger partial charge is 0.330 e. The normalized spacial score (nSPS) is 13.7. The van der Waals surface area contributed by atoms with Gasteiger partial charge in [0, 0.05) is 20.6 Å². The number of nitrogens with one attached hydrogen (secondary N) is 1. The Kier molecular flexibility index (Phi) is 4.31. The molecule has 0 unspecified atom stereocenters. The minimum Gasteiger partial charge on any atom is -0.330 e. The van der Waals surface area contributed by atoms with Crippen molar-refractivity contribution in [1.82, 2.24) is 9.03 Å². The van der Waals surface area contributed by atoms with E-state index in [-0.39, 0.29) is 5.41 Å². The molecule has 0 radical (unpaired) electrons. The highest BCUT2D eigenvalue weighted by Gasteiger charge is 2.24. The molecule has 0 aromatic heterocycles. The molecule has 0 aromatic carbocycles. The average molecular weight is 209 g/mol. The summed E-state index contributed by atoms with van der Waals surface area (Å²) in [5.41, 5.74) is 5.30. The van der Waals surface area contributed by atoms with E-state index in [9.17, 15) is 8.42 Å². The number of hydrogen-bond donors (Lipinski definition) is 2. The highest BCUT2D eigenvalue weighted by molar-refractivity contribution is 7.87. The molecule has 0 bridgehead atoms. The minimum absolute atomic E-state index is 0.196. The second-order valence-corrected chi connectivity index (χ2v) is 5.82. The second-order valence-electron chi connectivity index (χ2n) is 3.83. The van der Waals surface area contributed by atoms with Gasteiger partial charge in [-0.3, -0.25) is 0 Å². The van der Waals surface area contributed by atoms with Gasteiger partial charge in [-0.1, -0.05) is 13.8 Å². The van der Waals surface area contributed by atoms with E-state index < -0.39 is 10.2 Å². The Morgan fingerprint density at radius 3 is 2.23 bits per heavy atom. The summed E-state index contributed by atoms with van der Waals surface area (Å²) in [5, 5.41) is 0. The minimum atomic E-state index is -3.31. The number of hydrogen-bond acceptors (Lipinski definition) is 3. The Morgan fingerprint density at radius 2 is 1.92 bits per heavy atom. The van der Waals surface area contributed by atoms with Gasteiger partial charge in [0.2, 0.25) is 0 Å². The zero-order valence-corrected chi connectivity index (χ0v) is 9.48. The number of nitrogens with zero attached hydrogens (tertiary/aromatic N) is 1. The van der Waals surface area contributed by atoms with E-state index in [4.69, 9.17) is 5.73 Å². The molecule has 6 heteroatoms. The van der Waals surface area contributed by atoms with Crippen LogP contribution in [0.1, 0.15) is 13.8 Å². The van der Waals surface area contributed by atoms with Crippen LogP contribution in [0.25, 0.3) is 0 Å². The van der Waals surface area contributed by atoms with Crippen molar-refractivity contribution in [2.75, 3.05) is 27.2 Å². The van der Waals surface area contributed by atoms with Crippen LogP contribution < -0.4 is 10.5 Å². The lowest BCUT2D eigenvalue weighted by molar-refractivity contribution is 0.290. The molecule has 0 aromatic rings. The van der Waals surface area contributed by atoms with Gasteiger partial charge in [0.05, 0.1) is 0 Å². The molecular formula is C7H19N3O2S. The van der Waals surface area contributed by atoms with Gasteiger partial charge >= 0.3 is 0 Å². The second kappa shape index (κ2) is 4.36. The standard InChI is InChI=1S/C7H19N3O2S/c1-7(2,5-8)6-10(4)13(11,12)9-3/h9H,5-6,8H2,1-4H3. The lowest BCUT2D eigenvalue weighted by Gasteiger charge is -2.27. The molecule has 80 valence electrons. The molecule has 13 heavy (non-hydrogen) atoms. The van der Waals surface area contributed by atoms with Gasteiger partial charge in [-0.25, -0.2) is 4.72 Å². The first kappa shape index (κ1) is 12.8. The molecule has 0 saturated carbocycles. The smallest absolute Gasteiger partial charge is 0.278 e. The van der Waals surface area contributed by atoms with Crippen LogP contribution in [0.4, 0.5) is 0 Å². The van der Waals surface area contributed by atoms with E-state index in [2.05, 4.69) is 4.72 Å². The lowest BCUT2D eigenvalue weighted by atomic mass is 9.94. The Balaban J connectivity index is 4.40. The van der Waals surface area contributed by atoms with Gasteiger partial charge in [0.1, 0.15) is 0 Å². The Morgan fingerprint density at radius 1 is 1.46 bits per heavy atom. The first-order chi connectivity index (χ1) is 5.75. The Hall–Kier alpha value is -0.170. The van der Waals surface area contributed by atoms with Crippen molar-refractivity contribution in [3.8, 4) is 0 Å². The van der Waals surface area contributed by atoms with Crippen LogP contribution in [0.15, 0.2) is 0 Å². The quantitative estimate of drug-likeness (QED) is 0.633. The molecular weight excluding hydrogens is 190 g/mol. The third-order valence-electron chi connectivity index (χ3n) is 1.87. The van der Waals surface area contributed by atoms with Crippen molar-refractivity contribution in [3.63, 3.8) is 0 Å². The summed E-state index contributed by atoms with van der Waals surface area (Å²) < 4.78 is 26.0. The van der Waals surface area contributed by atoms with Crippen LogP contribution in [0, 0.1) is 5.41 Å². The number of nitrogens with two attached hydrogens (primary N) is 1. The van der Waals surface area contributed by atoms with Crippen molar-refractivity contribution in [2.45, 2.75) is 13.8 Å². The first-order valence-corrected chi connectivity index (χ1v) is 5.54. The molecule has 0 amide bonds. The fourth-order valence-corrected chi connectivity index (χ4v) is 1.74. The third kappa shape index (κ3) is 4.04. The van der Waals surface area contributed by atoms with Gasteiger partial charge in [0.15, 0.2) is 0 Å². The molecule has 0 aliphatic carbocycles. The molecule has 0 rings (SSSR count). The Bertz CT molecular complexity index is 248. The van der Waals surface area contributed by atoms with Gasteiger partial charge in [0.25, 0.3) is 10.2 Å². The molecule has 0 aliphatic rings. The van der Waals surface area contributed by atoms with E-state index >= 15 is 0 Å². The first-order valence-electron chi connectivity index (χ1n) is 4.10. The van der Waals surface area contributed by atoms with Gasteiger partial charge in [-0.15, -0.1) is 0 Å². The summed E-state index contributed by atoms with van der Waals surface area (Å²) in [4.78, 5) is 0. The molecule has 0 heterocycles. The molecule has 0 fully saturated rings. The highest BCUT2D eigenvalue weighted by atomic mass is 32.2. The molecule has 0 atom stereocenters. The van der Waals surface area contributed by atoms with Crippen LogP contribution in [0.5, 0.6) is 0 Å². The highest BCUT2D eigenvalue weighted by Crippen LogP contribution is 2.14. The predicted molar refractivity (Wildman–Crippen MR) is 53.4 cm³/mol. The molecule has 5 nitrogen and oxygen atoms in total. The zero-order valence-electron chi connectivity index (χ0n) is 8.66. The van der Waals surface area contributed by atoms with Crippen LogP contribution in [0.2, 0.25) is 0 Å². The topological polar surface area (TPSA) is 75.4 Å². The maximum atomic E-state index is 11.3. The summed E-state index contributed by atoms with van der Waals surface area (Å²) in [5.74, 6) is 0. The van der Waals surface area contributed by atoms with Crippen molar-refractivity contribution < 1.29 is 8.42 Å². The summed E-state index contributed by atoms with van der Waals surface area (Å²) in [6, 6.07) is 0. The summed E-state index contributed by atoms with van der Waals surface area (Å²) in [7, 11) is -0.393. The van der Waals surface area contributed by atoms with Crippen molar-refractivity contribution >= 4 is 10.2 Å². The fraction of sp³-hybridized carbons (Fsp3) is 1.00. The molecule has 0 saturated heterocycles. The molecule has 3 N–H and O–H groups in total. The fourth-order valence-electron chi connectivity index (χ4n) is 0.908. The van der Waals surface area contributed by atoms with Crippen molar-refractivity contribution in [3.05, 3.63) is 0 Å². The summed E-state index contributed by atoms with van der Waals surface area (Å²) >= 11 is 0. The predicted octanol–water partition coefficient (Wildman–Crippen LogP) is -0.633. The lowest BCUT2D eigenvalue weighted by Crippen LogP contribution is -2.43. The van der Waals surface area contributed by atoms with Crippen molar-refractivity contribution in [2.24, 2.45) is 11.1 Å². The van der Waals surface area contributed by atoms with Crippen LogP contribution >= 0.6 is 0 Å². The van der Waals surface area contributed by atoms with Gasteiger partial charge in [-0.05, 0) is 12.0 Å². The van der Waals surface area contributed by atoms with E-state index in [0.29, 0.717) is 13.1 Å². The Labute approximate surface area is 80.5 Å². The van der Waals surface area contributed by atoms with Crippen LogP contribution in [-0.2, 0) is 10.2 Å². The van der Waals surface area contributed by atoms with Gasteiger partial charge in [-0.2, -0.15) is 12.7 Å². The number of rotatable bonds is 5. The van der Waals surface area contributed by atoms with E-state index in [1.54, 1.807) is 0 Å². The van der Waals surface area contributed by atoms with Crippen molar-refractivity contribution in [1.29, 1.82) is 0 Å². The molecule has 0 spiro atoms. The van der Waals surface area contributed by atoms with E-state index in [1.807, 2.05) is 13.8 Å². The van der Waals surface area contributed by atoms with E-state index in [1.165, 1.54) is 18.4 Å². The monoisotopic (exact) mass is 209 g/mol. The SMILES string of the molecule is CNS(=O)(=O)N(C)CC(C)(C)CN. The van der Waals surface area contributed by atoms with Crippen LogP contribution in [-0.4, -0.2) is 39.9 Å².